The Kier molecular flexibility index (Phi) is 6.37. The van der Waals surface area contributed by atoms with Crippen molar-refractivity contribution in [2.75, 3.05) is 11.4 Å². The minimum atomic E-state index is -1.00. The molecule has 0 aliphatic rings. The number of rotatable bonds is 7. The summed E-state index contributed by atoms with van der Waals surface area (Å²) in [6.07, 6.45) is -0.0172. The quantitative estimate of drug-likeness (QED) is 0.463. The number of likely N-dealkylation sites (N-methyl/N-ethyl adjacent to an activating group) is 1. The third kappa shape index (κ3) is 4.85. The molecule has 1 heterocycles. The molecule has 33 heavy (non-hydrogen) atoms. The smallest absolute Gasteiger partial charge is 0.408 e. The normalized spacial score (nSPS) is 12.1. The van der Waals surface area contributed by atoms with Crippen molar-refractivity contribution in [2.24, 2.45) is 5.73 Å². The number of fused-ring (bicyclic) bond motifs is 1. The summed E-state index contributed by atoms with van der Waals surface area (Å²) in [5.74, 6) is -2.34. The fourth-order valence-corrected chi connectivity index (χ4v) is 3.87. The zero-order valence-corrected chi connectivity index (χ0v) is 18.0. The number of hydrogen-bond donors (Lipinski definition) is 1. The van der Waals surface area contributed by atoms with E-state index in [9.17, 15) is 18.4 Å². The zero-order chi connectivity index (χ0) is 23.5. The van der Waals surface area contributed by atoms with Gasteiger partial charge in [0.1, 0.15) is 11.6 Å². The van der Waals surface area contributed by atoms with Crippen molar-refractivity contribution in [3.8, 4) is 0 Å². The highest BCUT2D eigenvalue weighted by Gasteiger charge is 2.23. The first-order chi connectivity index (χ1) is 15.9. The molecule has 3 aromatic carbocycles. The number of hydrogen-bond acceptors (Lipinski definition) is 4. The molecule has 0 saturated heterocycles. The highest BCUT2D eigenvalue weighted by molar-refractivity contribution is 5.98. The van der Waals surface area contributed by atoms with Crippen LogP contribution in [0.3, 0.4) is 0 Å². The lowest BCUT2D eigenvalue weighted by Crippen LogP contribution is -2.45. The van der Waals surface area contributed by atoms with Crippen LogP contribution in [0.1, 0.15) is 18.1 Å². The number of anilines is 1. The highest BCUT2D eigenvalue weighted by Crippen LogP contribution is 2.23. The Morgan fingerprint density at radius 1 is 1.03 bits per heavy atom. The van der Waals surface area contributed by atoms with Crippen LogP contribution in [0.25, 0.3) is 11.1 Å². The van der Waals surface area contributed by atoms with E-state index in [1.807, 2.05) is 30.3 Å². The first-order valence-corrected chi connectivity index (χ1v) is 10.5. The molecule has 0 unspecified atom stereocenters. The Hall–Kier alpha value is -3.78. The zero-order valence-electron chi connectivity index (χ0n) is 18.0. The number of nitrogens with zero attached hydrogens (tertiary/aromatic N) is 2. The number of halogens is 2. The van der Waals surface area contributed by atoms with E-state index in [1.165, 1.54) is 9.47 Å². The van der Waals surface area contributed by atoms with Crippen LogP contribution < -0.4 is 16.4 Å². The van der Waals surface area contributed by atoms with E-state index in [4.69, 9.17) is 10.2 Å². The predicted molar refractivity (Wildman–Crippen MR) is 122 cm³/mol. The second-order valence-electron chi connectivity index (χ2n) is 7.76. The van der Waals surface area contributed by atoms with Crippen molar-refractivity contribution in [3.63, 3.8) is 0 Å². The van der Waals surface area contributed by atoms with Gasteiger partial charge in [-0.2, -0.15) is 0 Å². The molecule has 0 saturated carbocycles. The average molecular weight is 451 g/mol. The minimum Gasteiger partial charge on any atom is -0.408 e. The van der Waals surface area contributed by atoms with Gasteiger partial charge < -0.3 is 15.1 Å². The molecule has 4 rings (SSSR count). The predicted octanol–water partition coefficient (Wildman–Crippen LogP) is 3.84. The first-order valence-electron chi connectivity index (χ1n) is 10.5. The molecule has 1 atom stereocenters. The Morgan fingerprint density at radius 3 is 2.39 bits per heavy atom. The number of nitrogens with two attached hydrogens (primary N) is 1. The summed E-state index contributed by atoms with van der Waals surface area (Å²) in [6, 6.07) is 16.6. The molecule has 0 aliphatic carbocycles. The van der Waals surface area contributed by atoms with Crippen molar-refractivity contribution in [3.05, 3.63) is 100 Å². The van der Waals surface area contributed by atoms with Crippen LogP contribution in [0.2, 0.25) is 0 Å². The van der Waals surface area contributed by atoms with Crippen LogP contribution >= 0.6 is 0 Å². The average Bonchev–Trinajstić information content (AvgIpc) is 3.08. The summed E-state index contributed by atoms with van der Waals surface area (Å²) in [6.45, 7) is 2.43. The first kappa shape index (κ1) is 22.4. The van der Waals surface area contributed by atoms with Crippen LogP contribution in [0.4, 0.5) is 14.5 Å². The molecule has 1 aromatic heterocycles. The number of aromatic nitrogens is 1. The van der Waals surface area contributed by atoms with Crippen molar-refractivity contribution in [2.45, 2.75) is 25.9 Å². The number of amides is 1. The van der Waals surface area contributed by atoms with Gasteiger partial charge in [0, 0.05) is 18.3 Å². The topological polar surface area (TPSA) is 81.5 Å². The number of carbonyl (C=O) groups excluding carboxylic acids is 1. The van der Waals surface area contributed by atoms with Gasteiger partial charge in [-0.05, 0) is 54.8 Å². The summed E-state index contributed by atoms with van der Waals surface area (Å²) in [7, 11) is 0. The summed E-state index contributed by atoms with van der Waals surface area (Å²) >= 11 is 0. The van der Waals surface area contributed by atoms with Crippen LogP contribution in [-0.4, -0.2) is 23.1 Å². The lowest BCUT2D eigenvalue weighted by Gasteiger charge is -2.24. The van der Waals surface area contributed by atoms with E-state index in [2.05, 4.69) is 0 Å². The molecule has 8 heteroatoms. The molecular formula is C25H23F2N3O3. The van der Waals surface area contributed by atoms with E-state index in [0.717, 1.165) is 23.8 Å². The molecule has 0 fully saturated rings. The molecule has 0 spiro atoms. The van der Waals surface area contributed by atoms with Crippen LogP contribution in [0.15, 0.2) is 75.9 Å². The summed E-state index contributed by atoms with van der Waals surface area (Å²) < 4.78 is 33.9. The monoisotopic (exact) mass is 451 g/mol. The van der Waals surface area contributed by atoms with Gasteiger partial charge in [-0.15, -0.1) is 0 Å². The van der Waals surface area contributed by atoms with E-state index in [1.54, 1.807) is 25.1 Å². The molecule has 2 N–H and O–H groups in total. The van der Waals surface area contributed by atoms with Gasteiger partial charge in [0.2, 0.25) is 5.91 Å². The summed E-state index contributed by atoms with van der Waals surface area (Å²) in [5, 5.41) is 0. The number of benzene rings is 3. The highest BCUT2D eigenvalue weighted by atomic mass is 19.1. The second kappa shape index (κ2) is 9.38. The molecule has 0 aliphatic heterocycles. The molecule has 1 amide bonds. The van der Waals surface area contributed by atoms with E-state index >= 15 is 0 Å². The van der Waals surface area contributed by atoms with Gasteiger partial charge in [-0.25, -0.2) is 13.6 Å². The number of oxazole rings is 1. The second-order valence-corrected chi connectivity index (χ2v) is 7.76. The van der Waals surface area contributed by atoms with Gasteiger partial charge in [0.15, 0.2) is 5.58 Å². The lowest BCUT2D eigenvalue weighted by molar-refractivity contribution is -0.119. The Balaban J connectivity index is 1.62. The maximum atomic E-state index is 13.5. The van der Waals surface area contributed by atoms with Gasteiger partial charge in [-0.3, -0.25) is 9.36 Å². The van der Waals surface area contributed by atoms with E-state index in [-0.39, 0.29) is 6.42 Å². The van der Waals surface area contributed by atoms with Crippen LogP contribution in [-0.2, 0) is 17.8 Å². The van der Waals surface area contributed by atoms with Crippen molar-refractivity contribution in [1.82, 2.24) is 4.57 Å². The maximum absolute atomic E-state index is 13.5. The Labute approximate surface area is 188 Å². The fraction of sp³-hybridized carbons (Fsp3) is 0.200. The molecule has 170 valence electrons. The van der Waals surface area contributed by atoms with Crippen LogP contribution in [0.5, 0.6) is 0 Å². The summed E-state index contributed by atoms with van der Waals surface area (Å²) in [4.78, 5) is 27.0. The van der Waals surface area contributed by atoms with Gasteiger partial charge in [0.05, 0.1) is 18.1 Å². The molecule has 6 nitrogen and oxygen atoms in total. The van der Waals surface area contributed by atoms with Crippen LogP contribution in [0, 0.1) is 11.6 Å². The van der Waals surface area contributed by atoms with Gasteiger partial charge >= 0.3 is 5.76 Å². The third-order valence-electron chi connectivity index (χ3n) is 5.42. The van der Waals surface area contributed by atoms with Crippen molar-refractivity contribution < 1.29 is 18.0 Å². The fourth-order valence-electron chi connectivity index (χ4n) is 3.87. The summed E-state index contributed by atoms with van der Waals surface area (Å²) in [5.41, 5.74) is 8.83. The van der Waals surface area contributed by atoms with E-state index < -0.39 is 29.3 Å². The molecule has 0 radical (unpaired) electrons. The van der Waals surface area contributed by atoms with E-state index in [0.29, 0.717) is 35.4 Å². The van der Waals surface area contributed by atoms with Crippen molar-refractivity contribution in [1.29, 1.82) is 0 Å². The van der Waals surface area contributed by atoms with Gasteiger partial charge in [0.25, 0.3) is 0 Å². The molecular weight excluding hydrogens is 428 g/mol. The largest absolute Gasteiger partial charge is 0.420 e. The maximum Gasteiger partial charge on any atom is 0.420 e. The number of carbonyl (C=O) groups is 1. The van der Waals surface area contributed by atoms with Gasteiger partial charge in [-0.1, -0.05) is 30.3 Å². The SMILES string of the molecule is CCN(C(=O)[C@@H](N)Cc1cc(F)cc(F)c1)c1ccc2oc(=O)n(Cc3ccccc3)c2c1. The minimum absolute atomic E-state index is 0.0172. The standard InChI is InChI=1S/C25H23F2N3O3/c1-2-29(24(31)21(28)12-17-10-18(26)13-19(27)11-17)20-8-9-23-22(14-20)30(25(32)33-23)15-16-6-4-3-5-7-16/h3-11,13-14,21H,2,12,15,28H2,1H3/t21-/m0/s1. The Bertz CT molecular complexity index is 1330. The molecule has 4 aromatic rings. The third-order valence-corrected chi connectivity index (χ3v) is 5.42. The Morgan fingerprint density at radius 2 is 1.73 bits per heavy atom. The lowest BCUT2D eigenvalue weighted by atomic mass is 10.0. The molecule has 0 bridgehead atoms. The van der Waals surface area contributed by atoms with Crippen molar-refractivity contribution >= 4 is 22.7 Å².